The van der Waals surface area contributed by atoms with E-state index >= 15 is 0 Å². The molecule has 2 aliphatic rings. The highest BCUT2D eigenvalue weighted by molar-refractivity contribution is 5.89. The van der Waals surface area contributed by atoms with Gasteiger partial charge in [-0.1, -0.05) is 24.3 Å². The minimum Gasteiger partial charge on any atom is -0.487 e. The summed E-state index contributed by atoms with van der Waals surface area (Å²) < 4.78 is 33.7. The first-order valence-corrected chi connectivity index (χ1v) is 8.83. The minimum atomic E-state index is -0.779. The van der Waals surface area contributed by atoms with E-state index in [-0.39, 0.29) is 5.60 Å². The molecule has 2 heterocycles. The van der Waals surface area contributed by atoms with Gasteiger partial charge in [0.2, 0.25) is 0 Å². The van der Waals surface area contributed by atoms with E-state index in [1.54, 1.807) is 4.90 Å². The third-order valence-corrected chi connectivity index (χ3v) is 5.31. The van der Waals surface area contributed by atoms with Crippen LogP contribution in [-0.2, 0) is 6.42 Å². The van der Waals surface area contributed by atoms with Crippen molar-refractivity contribution in [3.05, 3.63) is 59.7 Å². The molecule has 2 aliphatic heterocycles. The van der Waals surface area contributed by atoms with Gasteiger partial charge in [0, 0.05) is 25.9 Å². The Morgan fingerprint density at radius 3 is 2.42 bits per heavy atom. The lowest BCUT2D eigenvalue weighted by Gasteiger charge is -2.44. The number of piperidine rings is 1. The van der Waals surface area contributed by atoms with Gasteiger partial charge in [-0.2, -0.15) is 0 Å². The van der Waals surface area contributed by atoms with Crippen LogP contribution in [0.4, 0.5) is 19.3 Å². The molecule has 2 aromatic rings. The Kier molecular flexibility index (Phi) is 4.26. The van der Waals surface area contributed by atoms with Crippen LogP contribution in [0.2, 0.25) is 0 Å². The number of carbonyl (C=O) groups is 1. The quantitative estimate of drug-likeness (QED) is 0.823. The van der Waals surface area contributed by atoms with Crippen LogP contribution in [-0.4, -0.2) is 29.6 Å². The number of carbonyl (C=O) groups excluding carboxylic acids is 1. The molecule has 0 unspecified atom stereocenters. The van der Waals surface area contributed by atoms with Gasteiger partial charge in [0.05, 0.1) is 0 Å². The fraction of sp³-hybridized carbons (Fsp3) is 0.350. The highest BCUT2D eigenvalue weighted by Crippen LogP contribution is 2.39. The zero-order valence-corrected chi connectivity index (χ0v) is 14.3. The summed E-state index contributed by atoms with van der Waals surface area (Å²) in [6.45, 7) is 0.980. The maximum Gasteiger partial charge on any atom is 0.322 e. The van der Waals surface area contributed by atoms with Crippen LogP contribution >= 0.6 is 0 Å². The van der Waals surface area contributed by atoms with Crippen molar-refractivity contribution in [2.45, 2.75) is 31.3 Å². The minimum absolute atomic E-state index is 0.256. The van der Waals surface area contributed by atoms with E-state index in [9.17, 15) is 13.6 Å². The van der Waals surface area contributed by atoms with Crippen LogP contribution in [0.3, 0.4) is 0 Å². The lowest BCUT2D eigenvalue weighted by atomic mass is 9.83. The molecule has 0 atom stereocenters. The van der Waals surface area contributed by atoms with Crippen molar-refractivity contribution in [1.29, 1.82) is 0 Å². The zero-order valence-electron chi connectivity index (χ0n) is 14.3. The number of hydrogen-bond donors (Lipinski definition) is 1. The van der Waals surface area contributed by atoms with Gasteiger partial charge in [-0.25, -0.2) is 13.6 Å². The third kappa shape index (κ3) is 3.11. The highest BCUT2D eigenvalue weighted by atomic mass is 19.1. The van der Waals surface area contributed by atoms with Crippen molar-refractivity contribution in [1.82, 2.24) is 4.90 Å². The van der Waals surface area contributed by atoms with Gasteiger partial charge in [-0.15, -0.1) is 0 Å². The number of urea groups is 1. The maximum atomic E-state index is 13.7. The topological polar surface area (TPSA) is 41.6 Å². The standard InChI is InChI=1S/C20H20F2N2O2/c21-15-5-3-6-16(22)18(15)23-19(25)24-12-10-20(11-13-24)9-8-14-4-1-2-7-17(14)26-20/h1-7H,8-13H2,(H,23,25). The second-order valence-corrected chi connectivity index (χ2v) is 6.91. The Morgan fingerprint density at radius 1 is 1.00 bits per heavy atom. The van der Waals surface area contributed by atoms with Crippen molar-refractivity contribution in [3.63, 3.8) is 0 Å². The average Bonchev–Trinajstić information content (AvgIpc) is 2.65. The molecule has 4 nitrogen and oxygen atoms in total. The van der Waals surface area contributed by atoms with E-state index in [0.717, 1.165) is 30.7 Å². The van der Waals surface area contributed by atoms with E-state index in [0.29, 0.717) is 25.9 Å². The fourth-order valence-corrected chi connectivity index (χ4v) is 3.73. The van der Waals surface area contributed by atoms with Crippen molar-refractivity contribution in [2.75, 3.05) is 18.4 Å². The van der Waals surface area contributed by atoms with Crippen LogP contribution in [0.15, 0.2) is 42.5 Å². The SMILES string of the molecule is O=C(Nc1c(F)cccc1F)N1CCC2(CCc3ccccc3O2)CC1. The molecule has 0 bridgehead atoms. The summed E-state index contributed by atoms with van der Waals surface area (Å²) in [7, 11) is 0. The molecule has 2 aromatic carbocycles. The molecule has 4 rings (SSSR count). The molecule has 0 saturated carbocycles. The van der Waals surface area contributed by atoms with Gasteiger partial charge in [0.1, 0.15) is 28.7 Å². The molecule has 0 radical (unpaired) electrons. The largest absolute Gasteiger partial charge is 0.487 e. The monoisotopic (exact) mass is 358 g/mol. The number of likely N-dealkylation sites (tertiary alicyclic amines) is 1. The molecule has 2 amide bonds. The fourth-order valence-electron chi connectivity index (χ4n) is 3.73. The first-order chi connectivity index (χ1) is 12.6. The van der Waals surface area contributed by atoms with Crippen LogP contribution < -0.4 is 10.1 Å². The Hall–Kier alpha value is -2.63. The number of nitrogens with zero attached hydrogens (tertiary/aromatic N) is 1. The Bertz CT molecular complexity index is 812. The second-order valence-electron chi connectivity index (χ2n) is 6.91. The predicted octanol–water partition coefficient (Wildman–Crippen LogP) is 4.36. The third-order valence-electron chi connectivity index (χ3n) is 5.31. The van der Waals surface area contributed by atoms with Gasteiger partial charge in [0.15, 0.2) is 0 Å². The van der Waals surface area contributed by atoms with Crippen LogP contribution in [0.25, 0.3) is 0 Å². The summed E-state index contributed by atoms with van der Waals surface area (Å²) in [4.78, 5) is 14.0. The van der Waals surface area contributed by atoms with Gasteiger partial charge in [0.25, 0.3) is 0 Å². The maximum absolute atomic E-state index is 13.7. The number of aryl methyl sites for hydroxylation is 1. The molecular formula is C20H20F2N2O2. The van der Waals surface area contributed by atoms with Crippen molar-refractivity contribution >= 4 is 11.7 Å². The summed E-state index contributed by atoms with van der Waals surface area (Å²) >= 11 is 0. The van der Waals surface area contributed by atoms with Gasteiger partial charge in [-0.3, -0.25) is 0 Å². The number of benzene rings is 2. The Morgan fingerprint density at radius 2 is 1.69 bits per heavy atom. The molecule has 0 aliphatic carbocycles. The van der Waals surface area contributed by atoms with Crippen LogP contribution in [0.1, 0.15) is 24.8 Å². The average molecular weight is 358 g/mol. The number of rotatable bonds is 1. The summed E-state index contributed by atoms with van der Waals surface area (Å²) in [5, 5.41) is 2.35. The van der Waals surface area contributed by atoms with E-state index in [1.165, 1.54) is 11.6 Å². The Balaban J connectivity index is 1.40. The number of ether oxygens (including phenoxy) is 1. The summed E-state index contributed by atoms with van der Waals surface area (Å²) in [5.74, 6) is -0.636. The normalized spacial score (nSPS) is 18.2. The Labute approximate surface area is 150 Å². The number of para-hydroxylation sites is 2. The molecule has 1 saturated heterocycles. The van der Waals surface area contributed by atoms with Crippen LogP contribution in [0.5, 0.6) is 5.75 Å². The van der Waals surface area contributed by atoms with Gasteiger partial charge in [-0.05, 0) is 36.6 Å². The number of amides is 2. The zero-order chi connectivity index (χ0) is 18.1. The molecular weight excluding hydrogens is 338 g/mol. The molecule has 1 spiro atoms. The van der Waals surface area contributed by atoms with Crippen molar-refractivity contribution in [2.24, 2.45) is 0 Å². The lowest BCUT2D eigenvalue weighted by molar-refractivity contribution is -0.00436. The molecule has 136 valence electrons. The summed E-state index contributed by atoms with van der Waals surface area (Å²) in [6.07, 6.45) is 3.28. The second kappa shape index (κ2) is 6.59. The van der Waals surface area contributed by atoms with Crippen molar-refractivity contribution < 1.29 is 18.3 Å². The van der Waals surface area contributed by atoms with E-state index in [4.69, 9.17) is 4.74 Å². The molecule has 6 heteroatoms. The number of anilines is 1. The van der Waals surface area contributed by atoms with E-state index < -0.39 is 23.4 Å². The number of nitrogens with one attached hydrogen (secondary N) is 1. The van der Waals surface area contributed by atoms with Gasteiger partial charge >= 0.3 is 6.03 Å². The smallest absolute Gasteiger partial charge is 0.322 e. The lowest BCUT2D eigenvalue weighted by Crippen LogP contribution is -2.52. The van der Waals surface area contributed by atoms with Crippen LogP contribution in [0, 0.1) is 11.6 Å². The van der Waals surface area contributed by atoms with E-state index in [1.807, 2.05) is 18.2 Å². The van der Waals surface area contributed by atoms with Crippen molar-refractivity contribution in [3.8, 4) is 5.75 Å². The molecule has 0 aromatic heterocycles. The summed E-state index contributed by atoms with van der Waals surface area (Å²) in [5.41, 5.74) is 0.558. The number of hydrogen-bond acceptors (Lipinski definition) is 2. The first kappa shape index (κ1) is 16.8. The molecule has 1 N–H and O–H groups in total. The van der Waals surface area contributed by atoms with Gasteiger partial charge < -0.3 is 15.0 Å². The molecule has 26 heavy (non-hydrogen) atoms. The highest BCUT2D eigenvalue weighted by Gasteiger charge is 2.40. The molecule has 1 fully saturated rings. The summed E-state index contributed by atoms with van der Waals surface area (Å²) in [6, 6.07) is 11.1. The number of fused-ring (bicyclic) bond motifs is 1. The first-order valence-electron chi connectivity index (χ1n) is 8.83. The number of halogens is 2. The van der Waals surface area contributed by atoms with E-state index in [2.05, 4.69) is 11.4 Å². The predicted molar refractivity (Wildman–Crippen MR) is 94.3 cm³/mol.